The molecule has 4 aromatic carbocycles. The van der Waals surface area contributed by atoms with Crippen molar-refractivity contribution in [2.45, 2.75) is 38.3 Å². The van der Waals surface area contributed by atoms with Gasteiger partial charge in [0.15, 0.2) is 0 Å². The molecule has 0 aliphatic carbocycles. The number of Topliss-reactive ketones (excluding diaryl/α,β-unsaturated/α-hetero) is 1. The summed E-state index contributed by atoms with van der Waals surface area (Å²) in [6, 6.07) is 29.7. The summed E-state index contributed by atoms with van der Waals surface area (Å²) >= 11 is 6.10. The molecule has 0 saturated carbocycles. The maximum Gasteiger partial charge on any atom is 0.295 e. The lowest BCUT2D eigenvalue weighted by molar-refractivity contribution is -0.129. The van der Waals surface area contributed by atoms with E-state index in [1.807, 2.05) is 48.5 Å². The fourth-order valence-corrected chi connectivity index (χ4v) is 6.85. The summed E-state index contributed by atoms with van der Waals surface area (Å²) in [6.45, 7) is 3.82. The Kier molecular flexibility index (Phi) is 11.4. The number of benzene rings is 4. The molecular weight excluding hydrogens is 681 g/mol. The van der Waals surface area contributed by atoms with Crippen LogP contribution >= 0.6 is 11.6 Å². The summed E-state index contributed by atoms with van der Waals surface area (Å²) in [6.07, 6.45) is 2.89. The average Bonchev–Trinajstić information content (AvgIpc) is 3.77. The van der Waals surface area contributed by atoms with E-state index in [1.54, 1.807) is 17.0 Å². The first-order chi connectivity index (χ1) is 25.4. The van der Waals surface area contributed by atoms with Crippen LogP contribution in [0.15, 0.2) is 101 Å². The van der Waals surface area contributed by atoms with Crippen molar-refractivity contribution in [2.24, 2.45) is 0 Å². The number of aryl methyl sites for hydroxylation is 2. The Morgan fingerprint density at radius 3 is 2.46 bits per heavy atom. The van der Waals surface area contributed by atoms with Crippen LogP contribution in [0.3, 0.4) is 0 Å². The maximum atomic E-state index is 13.7. The molecule has 0 radical (unpaired) electrons. The standard InChI is InChI=1S/C42H41ClFN3O5/c43-32-12-10-30(11-13-32)40-39(36-3-1-2-4-37(36)46-40)41(48)42(49)47-20-17-34(18-21-47)51-24-23-50-22-19-45-27-29-5-9-31-26-35(52-38(31)25-29)16-8-28-6-14-33(44)15-7-28/h1-7,9-15,25-26,34,45-46H,8,16-24,27H2. The van der Waals surface area contributed by atoms with Crippen LogP contribution < -0.4 is 5.32 Å². The van der Waals surface area contributed by atoms with Crippen molar-refractivity contribution in [3.8, 4) is 11.3 Å². The number of likely N-dealkylation sites (tertiary alicyclic amines) is 1. The van der Waals surface area contributed by atoms with E-state index in [-0.39, 0.29) is 11.9 Å². The highest BCUT2D eigenvalue weighted by Crippen LogP contribution is 2.32. The second-order valence-electron chi connectivity index (χ2n) is 13.1. The summed E-state index contributed by atoms with van der Waals surface area (Å²) in [7, 11) is 0. The van der Waals surface area contributed by atoms with Crippen molar-refractivity contribution < 1.29 is 27.9 Å². The number of piperidine rings is 1. The lowest BCUT2D eigenvalue weighted by Gasteiger charge is -2.31. The van der Waals surface area contributed by atoms with Crippen LogP contribution in [-0.4, -0.2) is 67.1 Å². The summed E-state index contributed by atoms with van der Waals surface area (Å²) < 4.78 is 31.1. The number of carbonyl (C=O) groups excluding carboxylic acids is 2. The second-order valence-corrected chi connectivity index (χ2v) is 13.6. The predicted octanol–water partition coefficient (Wildman–Crippen LogP) is 8.16. The second kappa shape index (κ2) is 16.7. The molecule has 0 unspecified atom stereocenters. The van der Waals surface area contributed by atoms with E-state index >= 15 is 0 Å². The summed E-state index contributed by atoms with van der Waals surface area (Å²) in [5, 5.41) is 5.80. The first kappa shape index (κ1) is 35.6. The van der Waals surface area contributed by atoms with Gasteiger partial charge in [-0.3, -0.25) is 9.59 Å². The molecule has 0 spiro atoms. The van der Waals surface area contributed by atoms with E-state index in [2.05, 4.69) is 34.6 Å². The zero-order valence-corrected chi connectivity index (χ0v) is 29.6. The Morgan fingerprint density at radius 2 is 1.65 bits per heavy atom. The van der Waals surface area contributed by atoms with Gasteiger partial charge < -0.3 is 29.1 Å². The Balaban J connectivity index is 0.797. The molecule has 3 heterocycles. The maximum absolute atomic E-state index is 13.7. The number of H-pyrrole nitrogens is 1. The Labute approximate surface area is 306 Å². The number of ketones is 1. The van der Waals surface area contributed by atoms with E-state index in [0.29, 0.717) is 75.1 Å². The van der Waals surface area contributed by atoms with Crippen molar-refractivity contribution in [3.05, 3.63) is 130 Å². The normalized spacial score (nSPS) is 13.7. The van der Waals surface area contributed by atoms with Crippen LogP contribution in [0.5, 0.6) is 0 Å². The van der Waals surface area contributed by atoms with Gasteiger partial charge in [0.05, 0.1) is 37.2 Å². The number of hydrogen-bond donors (Lipinski definition) is 2. The Bertz CT molecular complexity index is 2140. The number of para-hydroxylation sites is 1. The summed E-state index contributed by atoms with van der Waals surface area (Å²) in [5.74, 6) is -0.325. The molecule has 8 nitrogen and oxygen atoms in total. The lowest BCUT2D eigenvalue weighted by atomic mass is 10.00. The van der Waals surface area contributed by atoms with Crippen LogP contribution in [0, 0.1) is 5.82 Å². The van der Waals surface area contributed by atoms with Gasteiger partial charge in [-0.2, -0.15) is 0 Å². The van der Waals surface area contributed by atoms with Gasteiger partial charge in [-0.05, 0) is 78.4 Å². The zero-order chi connectivity index (χ0) is 35.9. The van der Waals surface area contributed by atoms with Gasteiger partial charge in [-0.15, -0.1) is 0 Å². The quantitative estimate of drug-likeness (QED) is 0.0631. The molecule has 1 amide bonds. The van der Waals surface area contributed by atoms with E-state index < -0.39 is 11.7 Å². The largest absolute Gasteiger partial charge is 0.461 e. The van der Waals surface area contributed by atoms with Crippen LogP contribution in [0.1, 0.15) is 40.1 Å². The molecule has 0 bridgehead atoms. The molecule has 1 aliphatic heterocycles. The summed E-state index contributed by atoms with van der Waals surface area (Å²) in [4.78, 5) is 32.1. The molecule has 1 fully saturated rings. The molecule has 2 N–H and O–H groups in total. The molecule has 1 aliphatic rings. The van der Waals surface area contributed by atoms with Gasteiger partial charge in [0.2, 0.25) is 0 Å². The number of nitrogens with one attached hydrogen (secondary N) is 2. The molecular formula is C42H41ClFN3O5. The van der Waals surface area contributed by atoms with E-state index in [4.69, 9.17) is 25.5 Å². The monoisotopic (exact) mass is 721 g/mol. The average molecular weight is 722 g/mol. The first-order valence-electron chi connectivity index (χ1n) is 17.8. The number of nitrogens with zero attached hydrogens (tertiary/aromatic N) is 1. The molecule has 52 heavy (non-hydrogen) atoms. The minimum atomic E-state index is -0.519. The number of rotatable bonds is 15. The van der Waals surface area contributed by atoms with Crippen molar-refractivity contribution in [1.29, 1.82) is 0 Å². The van der Waals surface area contributed by atoms with E-state index in [9.17, 15) is 14.0 Å². The van der Waals surface area contributed by atoms with Gasteiger partial charge in [0.1, 0.15) is 17.2 Å². The van der Waals surface area contributed by atoms with Gasteiger partial charge in [0.25, 0.3) is 11.7 Å². The number of halogens is 2. The van der Waals surface area contributed by atoms with Crippen LogP contribution in [0.25, 0.3) is 33.1 Å². The highest BCUT2D eigenvalue weighted by molar-refractivity contribution is 6.46. The molecule has 1 saturated heterocycles. The smallest absolute Gasteiger partial charge is 0.295 e. The summed E-state index contributed by atoms with van der Waals surface area (Å²) in [5.41, 5.74) is 5.66. The van der Waals surface area contributed by atoms with Crippen molar-refractivity contribution in [3.63, 3.8) is 0 Å². The number of aromatic amines is 1. The number of furan rings is 1. The number of amides is 1. The van der Waals surface area contributed by atoms with Gasteiger partial charge in [-0.1, -0.05) is 66.2 Å². The highest BCUT2D eigenvalue weighted by Gasteiger charge is 2.31. The third-order valence-corrected chi connectivity index (χ3v) is 9.78. The number of fused-ring (bicyclic) bond motifs is 2. The van der Waals surface area contributed by atoms with Crippen molar-refractivity contribution >= 4 is 45.2 Å². The number of aromatic nitrogens is 1. The fourth-order valence-electron chi connectivity index (χ4n) is 6.72. The van der Waals surface area contributed by atoms with Gasteiger partial charge in [0, 0.05) is 53.9 Å². The van der Waals surface area contributed by atoms with Crippen molar-refractivity contribution in [2.75, 3.05) is 39.5 Å². The SMILES string of the molecule is O=C(C(=O)N1CCC(OCCOCCNCc2ccc3cc(CCc4ccc(F)cc4)oc3c2)CC1)c1c(-c2ccc(Cl)cc2)[nH]c2ccccc12. The Hall–Kier alpha value is -4.80. The third kappa shape index (κ3) is 8.62. The zero-order valence-electron chi connectivity index (χ0n) is 28.8. The molecule has 6 aromatic rings. The fraction of sp³-hybridized carbons (Fsp3) is 0.286. The lowest BCUT2D eigenvalue weighted by Crippen LogP contribution is -2.44. The molecule has 2 aromatic heterocycles. The van der Waals surface area contributed by atoms with E-state index in [1.165, 1.54) is 12.1 Å². The predicted molar refractivity (Wildman–Crippen MR) is 201 cm³/mol. The first-order valence-corrected chi connectivity index (χ1v) is 18.1. The number of carbonyl (C=O) groups is 2. The molecule has 7 rings (SSSR count). The van der Waals surface area contributed by atoms with Crippen LogP contribution in [0.4, 0.5) is 4.39 Å². The molecule has 10 heteroatoms. The van der Waals surface area contributed by atoms with Crippen LogP contribution in [0.2, 0.25) is 5.02 Å². The number of ether oxygens (including phenoxy) is 2. The minimum absolute atomic E-state index is 0.0125. The topological polar surface area (TPSA) is 96.8 Å². The van der Waals surface area contributed by atoms with E-state index in [0.717, 1.165) is 57.2 Å². The molecule has 268 valence electrons. The van der Waals surface area contributed by atoms with Crippen LogP contribution in [-0.2, 0) is 33.7 Å². The van der Waals surface area contributed by atoms with Gasteiger partial charge in [-0.25, -0.2) is 4.39 Å². The highest BCUT2D eigenvalue weighted by atomic mass is 35.5. The molecule has 0 atom stereocenters. The van der Waals surface area contributed by atoms with Crippen molar-refractivity contribution in [1.82, 2.24) is 15.2 Å². The number of hydrogen-bond acceptors (Lipinski definition) is 6. The third-order valence-electron chi connectivity index (χ3n) is 9.53. The van der Waals surface area contributed by atoms with Gasteiger partial charge >= 0.3 is 0 Å². The Morgan fingerprint density at radius 1 is 0.885 bits per heavy atom. The minimum Gasteiger partial charge on any atom is -0.461 e.